The van der Waals surface area contributed by atoms with Crippen LogP contribution in [-0.2, 0) is 6.42 Å². The van der Waals surface area contributed by atoms with E-state index in [1.807, 2.05) is 48.7 Å². The van der Waals surface area contributed by atoms with Gasteiger partial charge < -0.3 is 10.1 Å². The Hall–Kier alpha value is -2.72. The first kappa shape index (κ1) is 16.7. The van der Waals surface area contributed by atoms with Gasteiger partial charge in [0.1, 0.15) is 16.5 Å². The number of aromatic nitrogens is 1. The molecule has 0 radical (unpaired) electrons. The first-order valence-electron chi connectivity index (χ1n) is 8.87. The molecule has 0 aliphatic carbocycles. The average Bonchev–Trinajstić information content (AvgIpc) is 2.68. The van der Waals surface area contributed by atoms with Gasteiger partial charge in [-0.15, -0.1) is 0 Å². The first-order valence-corrected chi connectivity index (χ1v) is 9.28. The van der Waals surface area contributed by atoms with E-state index in [0.29, 0.717) is 4.99 Å². The van der Waals surface area contributed by atoms with Crippen molar-refractivity contribution >= 4 is 17.2 Å². The van der Waals surface area contributed by atoms with Gasteiger partial charge in [-0.05, 0) is 30.7 Å². The van der Waals surface area contributed by atoms with Gasteiger partial charge in [-0.25, -0.2) is 0 Å². The van der Waals surface area contributed by atoms with Crippen LogP contribution >= 0.6 is 12.2 Å². The third kappa shape index (κ3) is 3.20. The second kappa shape index (κ2) is 7.26. The van der Waals surface area contributed by atoms with E-state index < -0.39 is 0 Å². The molecule has 4 rings (SSSR count). The van der Waals surface area contributed by atoms with Crippen LogP contribution in [0.25, 0.3) is 0 Å². The van der Waals surface area contributed by atoms with Crippen LogP contribution < -0.4 is 10.1 Å². The number of para-hydroxylation sites is 2. The molecule has 3 nitrogen and oxygen atoms in total. The van der Waals surface area contributed by atoms with Crippen molar-refractivity contribution < 1.29 is 4.74 Å². The summed E-state index contributed by atoms with van der Waals surface area (Å²) < 4.78 is 6.04. The molecule has 2 aromatic carbocycles. The van der Waals surface area contributed by atoms with E-state index in [4.69, 9.17) is 17.0 Å². The minimum absolute atomic E-state index is 0.0426. The van der Waals surface area contributed by atoms with E-state index in [0.717, 1.165) is 46.7 Å². The zero-order valence-corrected chi connectivity index (χ0v) is 15.4. The number of nitrogens with zero attached hydrogens (tertiary/aromatic N) is 1. The van der Waals surface area contributed by atoms with Gasteiger partial charge >= 0.3 is 0 Å². The van der Waals surface area contributed by atoms with Crippen LogP contribution in [-0.4, -0.2) is 9.97 Å². The Bertz CT molecular complexity index is 891. The van der Waals surface area contributed by atoms with E-state index >= 15 is 0 Å². The van der Waals surface area contributed by atoms with Crippen LogP contribution in [0.2, 0.25) is 0 Å². The molecular formula is C22H20N2OS. The molecule has 130 valence electrons. The molecule has 2 heterocycles. The SMILES string of the molecule is CCCc1ccc(C(=S)NC2c3ccccc3Oc3ccccc32)cn1. The minimum atomic E-state index is -0.0426. The monoisotopic (exact) mass is 360 g/mol. The molecule has 0 fully saturated rings. The lowest BCUT2D eigenvalue weighted by atomic mass is 9.94. The summed E-state index contributed by atoms with van der Waals surface area (Å²) in [5, 5.41) is 3.51. The zero-order chi connectivity index (χ0) is 17.9. The van der Waals surface area contributed by atoms with E-state index in [1.54, 1.807) is 0 Å². The molecule has 0 spiro atoms. The quantitative estimate of drug-likeness (QED) is 0.649. The normalized spacial score (nSPS) is 12.7. The first-order chi connectivity index (χ1) is 12.8. The number of fused-ring (bicyclic) bond motifs is 2. The van der Waals surface area contributed by atoms with Crippen LogP contribution in [0.15, 0.2) is 66.9 Å². The fourth-order valence-corrected chi connectivity index (χ4v) is 3.48. The van der Waals surface area contributed by atoms with E-state index in [-0.39, 0.29) is 6.04 Å². The molecule has 0 saturated carbocycles. The highest BCUT2D eigenvalue weighted by Gasteiger charge is 2.27. The predicted octanol–water partition coefficient (Wildman–Crippen LogP) is 5.19. The maximum Gasteiger partial charge on any atom is 0.133 e. The highest BCUT2D eigenvalue weighted by Crippen LogP contribution is 2.42. The highest BCUT2D eigenvalue weighted by molar-refractivity contribution is 7.80. The van der Waals surface area contributed by atoms with Crippen molar-refractivity contribution in [2.24, 2.45) is 0 Å². The standard InChI is InChI=1S/C22H20N2OS/c1-2-7-16-13-12-15(14-23-16)22(26)24-21-17-8-3-5-10-19(17)25-20-11-6-4-9-18(20)21/h3-6,8-14,21H,2,7H2,1H3,(H,24,26). The smallest absolute Gasteiger partial charge is 0.133 e. The summed E-state index contributed by atoms with van der Waals surface area (Å²) in [5.74, 6) is 1.73. The van der Waals surface area contributed by atoms with Crippen molar-refractivity contribution in [1.29, 1.82) is 0 Å². The van der Waals surface area contributed by atoms with Crippen molar-refractivity contribution in [3.63, 3.8) is 0 Å². The molecule has 0 saturated heterocycles. The summed E-state index contributed by atoms with van der Waals surface area (Å²) in [6.45, 7) is 2.15. The van der Waals surface area contributed by atoms with Crippen molar-refractivity contribution in [3.05, 3.63) is 89.2 Å². The Morgan fingerprint density at radius 2 is 1.65 bits per heavy atom. The van der Waals surface area contributed by atoms with Crippen LogP contribution in [0.1, 0.15) is 41.8 Å². The number of aryl methyl sites for hydroxylation is 1. The summed E-state index contributed by atoms with van der Waals surface area (Å²) in [7, 11) is 0. The molecule has 4 heteroatoms. The summed E-state index contributed by atoms with van der Waals surface area (Å²) in [4.78, 5) is 5.21. The van der Waals surface area contributed by atoms with Crippen molar-refractivity contribution in [2.75, 3.05) is 0 Å². The number of hydrogen-bond acceptors (Lipinski definition) is 3. The molecule has 1 N–H and O–H groups in total. The number of ether oxygens (including phenoxy) is 1. The lowest BCUT2D eigenvalue weighted by Gasteiger charge is -2.29. The summed E-state index contributed by atoms with van der Waals surface area (Å²) >= 11 is 5.68. The summed E-state index contributed by atoms with van der Waals surface area (Å²) in [6.07, 6.45) is 3.93. The third-order valence-corrected chi connectivity index (χ3v) is 4.90. The Morgan fingerprint density at radius 3 is 2.23 bits per heavy atom. The number of hydrogen-bond donors (Lipinski definition) is 1. The molecule has 0 atom stereocenters. The van der Waals surface area contributed by atoms with Gasteiger partial charge in [-0.2, -0.15) is 0 Å². The van der Waals surface area contributed by atoms with Gasteiger partial charge in [-0.1, -0.05) is 62.0 Å². The molecule has 26 heavy (non-hydrogen) atoms. The molecule has 0 bridgehead atoms. The van der Waals surface area contributed by atoms with E-state index in [2.05, 4.69) is 35.4 Å². The van der Waals surface area contributed by atoms with E-state index in [9.17, 15) is 0 Å². The number of benzene rings is 2. The maximum absolute atomic E-state index is 6.04. The molecule has 1 aliphatic rings. The van der Waals surface area contributed by atoms with Gasteiger partial charge in [0, 0.05) is 28.6 Å². The number of pyridine rings is 1. The van der Waals surface area contributed by atoms with Gasteiger partial charge in [0.05, 0.1) is 6.04 Å². The summed E-state index contributed by atoms with van der Waals surface area (Å²) in [6, 6.07) is 20.2. The molecule has 1 aromatic heterocycles. The van der Waals surface area contributed by atoms with Crippen molar-refractivity contribution in [2.45, 2.75) is 25.8 Å². The van der Waals surface area contributed by atoms with Gasteiger partial charge in [0.15, 0.2) is 0 Å². The Labute approximate surface area is 159 Å². The lowest BCUT2D eigenvalue weighted by Crippen LogP contribution is -2.30. The number of nitrogens with one attached hydrogen (secondary N) is 1. The predicted molar refractivity (Wildman–Crippen MR) is 108 cm³/mol. The third-order valence-electron chi connectivity index (χ3n) is 4.55. The van der Waals surface area contributed by atoms with Crippen LogP contribution in [0, 0.1) is 0 Å². The second-order valence-corrected chi connectivity index (χ2v) is 6.78. The fourth-order valence-electron chi connectivity index (χ4n) is 3.24. The Morgan fingerprint density at radius 1 is 1.00 bits per heavy atom. The lowest BCUT2D eigenvalue weighted by molar-refractivity contribution is 0.441. The number of rotatable bonds is 4. The highest BCUT2D eigenvalue weighted by atomic mass is 32.1. The molecular weight excluding hydrogens is 340 g/mol. The Kier molecular flexibility index (Phi) is 4.67. The van der Waals surface area contributed by atoms with Crippen molar-refractivity contribution in [3.8, 4) is 11.5 Å². The average molecular weight is 360 g/mol. The molecule has 1 aliphatic heterocycles. The number of thiocarbonyl (C=S) groups is 1. The molecule has 3 aromatic rings. The minimum Gasteiger partial charge on any atom is -0.457 e. The van der Waals surface area contributed by atoms with Crippen molar-refractivity contribution in [1.82, 2.24) is 10.3 Å². The maximum atomic E-state index is 6.04. The molecule has 0 unspecified atom stereocenters. The fraction of sp³-hybridized carbons (Fsp3) is 0.182. The van der Waals surface area contributed by atoms with Gasteiger partial charge in [0.25, 0.3) is 0 Å². The summed E-state index contributed by atoms with van der Waals surface area (Å²) in [5.41, 5.74) is 4.20. The van der Waals surface area contributed by atoms with Gasteiger partial charge in [-0.3, -0.25) is 4.98 Å². The van der Waals surface area contributed by atoms with Crippen LogP contribution in [0.3, 0.4) is 0 Å². The van der Waals surface area contributed by atoms with Crippen LogP contribution in [0.5, 0.6) is 11.5 Å². The van der Waals surface area contributed by atoms with E-state index in [1.165, 1.54) is 0 Å². The van der Waals surface area contributed by atoms with Gasteiger partial charge in [0.2, 0.25) is 0 Å². The van der Waals surface area contributed by atoms with Crippen LogP contribution in [0.4, 0.5) is 0 Å². The largest absolute Gasteiger partial charge is 0.457 e. The molecule has 0 amide bonds. The Balaban J connectivity index is 1.64. The zero-order valence-electron chi connectivity index (χ0n) is 14.6. The topological polar surface area (TPSA) is 34.1 Å². The second-order valence-electron chi connectivity index (χ2n) is 6.37.